The molecule has 2 aromatic rings. The van der Waals surface area contributed by atoms with Crippen LogP contribution < -0.4 is 15.8 Å². The number of carbonyl (C=O) groups excluding carboxylic acids is 1. The van der Waals surface area contributed by atoms with Crippen molar-refractivity contribution in [1.82, 2.24) is 0 Å². The minimum Gasteiger partial charge on any atom is -0.491 e. The highest BCUT2D eigenvalue weighted by molar-refractivity contribution is 5.94. The lowest BCUT2D eigenvalue weighted by Crippen LogP contribution is -2.37. The summed E-state index contributed by atoms with van der Waals surface area (Å²) in [6.07, 6.45) is 1.64. The Morgan fingerprint density at radius 1 is 1.13 bits per heavy atom. The number of nitrogens with two attached hydrogens (primary N) is 1. The lowest BCUT2D eigenvalue weighted by atomic mass is 10.1. The number of hydrogen-bond acceptors (Lipinski definition) is 3. The summed E-state index contributed by atoms with van der Waals surface area (Å²) in [4.78, 5) is 12.2. The van der Waals surface area contributed by atoms with Crippen LogP contribution in [0.25, 0.3) is 0 Å². The topological polar surface area (TPSA) is 64.3 Å². The van der Waals surface area contributed by atoms with E-state index in [1.165, 1.54) is 0 Å². The van der Waals surface area contributed by atoms with Crippen LogP contribution in [0.1, 0.15) is 25.8 Å². The molecule has 0 heterocycles. The molecular weight excluding hydrogens is 288 g/mol. The van der Waals surface area contributed by atoms with Gasteiger partial charge in [0, 0.05) is 5.69 Å². The fraction of sp³-hybridized carbons (Fsp3) is 0.316. The molecule has 0 fully saturated rings. The first-order valence-corrected chi connectivity index (χ1v) is 7.95. The third-order valence-electron chi connectivity index (χ3n) is 3.67. The summed E-state index contributed by atoms with van der Waals surface area (Å²) < 4.78 is 5.71. The smallest absolute Gasteiger partial charge is 0.241 e. The van der Waals surface area contributed by atoms with Gasteiger partial charge in [0.15, 0.2) is 0 Å². The minimum atomic E-state index is -0.576. The van der Waals surface area contributed by atoms with Crippen molar-refractivity contribution in [2.45, 2.75) is 38.8 Å². The van der Waals surface area contributed by atoms with Crippen LogP contribution in [-0.2, 0) is 11.2 Å². The summed E-state index contributed by atoms with van der Waals surface area (Å²) in [5, 5.41) is 2.84. The van der Waals surface area contributed by atoms with Gasteiger partial charge in [-0.1, -0.05) is 37.3 Å². The van der Waals surface area contributed by atoms with E-state index in [1.54, 1.807) is 0 Å². The van der Waals surface area contributed by atoms with Crippen LogP contribution in [-0.4, -0.2) is 18.1 Å². The molecule has 4 nitrogen and oxygen atoms in total. The molecule has 0 aliphatic rings. The summed E-state index contributed by atoms with van der Waals surface area (Å²) in [5.41, 5.74) is 7.74. The summed E-state index contributed by atoms with van der Waals surface area (Å²) >= 11 is 0. The van der Waals surface area contributed by atoms with Gasteiger partial charge in [0.05, 0.1) is 12.1 Å². The number of amides is 1. The van der Waals surface area contributed by atoms with Crippen LogP contribution in [0.15, 0.2) is 54.6 Å². The highest BCUT2D eigenvalue weighted by atomic mass is 16.5. The quantitative estimate of drug-likeness (QED) is 0.824. The summed E-state index contributed by atoms with van der Waals surface area (Å²) in [6.45, 7) is 4.10. The first kappa shape index (κ1) is 17.0. The second-order valence-corrected chi connectivity index (χ2v) is 5.65. The second kappa shape index (κ2) is 8.34. The number of carbonyl (C=O) groups is 1. The van der Waals surface area contributed by atoms with E-state index in [2.05, 4.69) is 12.2 Å². The van der Waals surface area contributed by atoms with Crippen LogP contribution in [0.3, 0.4) is 0 Å². The highest BCUT2D eigenvalue weighted by Crippen LogP contribution is 2.18. The molecule has 0 saturated carbocycles. The molecule has 0 spiro atoms. The molecule has 1 amide bonds. The molecule has 0 aromatic heterocycles. The predicted molar refractivity (Wildman–Crippen MR) is 93.6 cm³/mol. The first-order chi connectivity index (χ1) is 11.1. The fourth-order valence-electron chi connectivity index (χ4n) is 2.13. The van der Waals surface area contributed by atoms with Crippen LogP contribution in [0.2, 0.25) is 0 Å². The number of rotatable bonds is 7. The van der Waals surface area contributed by atoms with Gasteiger partial charge in [0.25, 0.3) is 0 Å². The molecule has 0 aliphatic heterocycles. The Labute approximate surface area is 137 Å². The van der Waals surface area contributed by atoms with E-state index in [9.17, 15) is 4.79 Å². The second-order valence-electron chi connectivity index (χ2n) is 5.65. The van der Waals surface area contributed by atoms with E-state index in [1.807, 2.05) is 61.5 Å². The van der Waals surface area contributed by atoms with Crippen LogP contribution >= 0.6 is 0 Å². The Morgan fingerprint density at radius 3 is 2.39 bits per heavy atom. The Hall–Kier alpha value is -2.33. The Morgan fingerprint density at radius 2 is 1.78 bits per heavy atom. The van der Waals surface area contributed by atoms with Crippen molar-refractivity contribution >= 4 is 11.6 Å². The minimum absolute atomic E-state index is 0.176. The Balaban J connectivity index is 1.89. The molecule has 0 aliphatic carbocycles. The van der Waals surface area contributed by atoms with Gasteiger partial charge in [0.2, 0.25) is 5.91 Å². The number of benzene rings is 2. The summed E-state index contributed by atoms with van der Waals surface area (Å²) in [6, 6.07) is 16.5. The van der Waals surface area contributed by atoms with Gasteiger partial charge in [-0.05, 0) is 49.6 Å². The molecule has 23 heavy (non-hydrogen) atoms. The van der Waals surface area contributed by atoms with Gasteiger partial charge in [0.1, 0.15) is 5.75 Å². The van der Waals surface area contributed by atoms with E-state index in [4.69, 9.17) is 10.5 Å². The van der Waals surface area contributed by atoms with Crippen molar-refractivity contribution < 1.29 is 9.53 Å². The molecule has 0 bridgehead atoms. The van der Waals surface area contributed by atoms with Gasteiger partial charge in [-0.3, -0.25) is 4.79 Å². The lowest BCUT2D eigenvalue weighted by molar-refractivity contribution is -0.117. The fourth-order valence-corrected chi connectivity index (χ4v) is 2.13. The van der Waals surface area contributed by atoms with E-state index >= 15 is 0 Å². The van der Waals surface area contributed by atoms with Crippen LogP contribution in [0.5, 0.6) is 5.75 Å². The molecule has 2 atom stereocenters. The van der Waals surface area contributed by atoms with Crippen molar-refractivity contribution in [1.29, 1.82) is 0 Å². The normalized spacial score (nSPS) is 13.2. The number of hydrogen-bond donors (Lipinski definition) is 2. The summed E-state index contributed by atoms with van der Waals surface area (Å²) in [7, 11) is 0. The SMILES string of the molecule is CCC(C)Oc1ccc(NC(=O)[C@@H](N)Cc2ccccc2)cc1. The van der Waals surface area contributed by atoms with Crippen molar-refractivity contribution in [3.05, 3.63) is 60.2 Å². The van der Waals surface area contributed by atoms with Crippen molar-refractivity contribution in [3.8, 4) is 5.75 Å². The molecule has 2 aromatic carbocycles. The molecule has 0 radical (unpaired) electrons. The maximum absolute atomic E-state index is 12.2. The van der Waals surface area contributed by atoms with Crippen molar-refractivity contribution in [2.24, 2.45) is 5.73 Å². The van der Waals surface area contributed by atoms with Crippen LogP contribution in [0.4, 0.5) is 5.69 Å². The van der Waals surface area contributed by atoms with E-state index in [0.29, 0.717) is 6.42 Å². The van der Waals surface area contributed by atoms with Gasteiger partial charge in [-0.15, -0.1) is 0 Å². The van der Waals surface area contributed by atoms with Gasteiger partial charge >= 0.3 is 0 Å². The average molecular weight is 312 g/mol. The zero-order chi connectivity index (χ0) is 16.7. The van der Waals surface area contributed by atoms with E-state index < -0.39 is 6.04 Å². The van der Waals surface area contributed by atoms with Gasteiger partial charge in [-0.2, -0.15) is 0 Å². The predicted octanol–water partition coefficient (Wildman–Crippen LogP) is 3.37. The standard InChI is InChI=1S/C19H24N2O2/c1-3-14(2)23-17-11-9-16(10-12-17)21-19(22)18(20)13-15-7-5-4-6-8-15/h4-12,14,18H,3,13,20H2,1-2H3,(H,21,22)/t14?,18-/m0/s1. The third-order valence-corrected chi connectivity index (χ3v) is 3.67. The molecule has 1 unspecified atom stereocenters. The maximum Gasteiger partial charge on any atom is 0.241 e. The van der Waals surface area contributed by atoms with Crippen molar-refractivity contribution in [3.63, 3.8) is 0 Å². The Bertz CT molecular complexity index is 611. The average Bonchev–Trinajstić information content (AvgIpc) is 2.57. The van der Waals surface area contributed by atoms with Gasteiger partial charge < -0.3 is 15.8 Å². The first-order valence-electron chi connectivity index (χ1n) is 7.95. The molecule has 3 N–H and O–H groups in total. The summed E-state index contributed by atoms with van der Waals surface area (Å²) in [5.74, 6) is 0.607. The zero-order valence-corrected chi connectivity index (χ0v) is 13.7. The number of ether oxygens (including phenoxy) is 1. The zero-order valence-electron chi connectivity index (χ0n) is 13.7. The molecule has 2 rings (SSSR count). The molecule has 4 heteroatoms. The molecule has 0 saturated heterocycles. The monoisotopic (exact) mass is 312 g/mol. The maximum atomic E-state index is 12.2. The molecule has 122 valence electrons. The van der Waals surface area contributed by atoms with Crippen molar-refractivity contribution in [2.75, 3.05) is 5.32 Å². The van der Waals surface area contributed by atoms with E-state index in [0.717, 1.165) is 23.4 Å². The largest absolute Gasteiger partial charge is 0.491 e. The van der Waals surface area contributed by atoms with E-state index in [-0.39, 0.29) is 12.0 Å². The number of nitrogens with one attached hydrogen (secondary N) is 1. The Kier molecular flexibility index (Phi) is 6.18. The lowest BCUT2D eigenvalue weighted by Gasteiger charge is -2.14. The highest BCUT2D eigenvalue weighted by Gasteiger charge is 2.14. The van der Waals surface area contributed by atoms with Gasteiger partial charge in [-0.25, -0.2) is 0 Å². The number of anilines is 1. The molecular formula is C19H24N2O2. The third kappa shape index (κ3) is 5.42. The van der Waals surface area contributed by atoms with Crippen LogP contribution in [0, 0.1) is 0 Å².